The van der Waals surface area contributed by atoms with E-state index < -0.39 is 0 Å². The number of hydrogen-bond acceptors (Lipinski definition) is 3. The van der Waals surface area contributed by atoms with Crippen LogP contribution in [0, 0.1) is 12.8 Å². The molecule has 0 saturated carbocycles. The first kappa shape index (κ1) is 17.9. The van der Waals surface area contributed by atoms with E-state index in [-0.39, 0.29) is 23.5 Å². The Morgan fingerprint density at radius 2 is 1.70 bits per heavy atom. The minimum Gasteiger partial charge on any atom is -0.508 e. The number of amides is 2. The summed E-state index contributed by atoms with van der Waals surface area (Å²) in [6.07, 6.45) is 3.68. The minimum absolute atomic E-state index is 0.00392. The molecule has 0 aliphatic carbocycles. The molecule has 1 aromatic carbocycles. The van der Waals surface area contributed by atoms with E-state index >= 15 is 0 Å². The van der Waals surface area contributed by atoms with Crippen LogP contribution in [0.1, 0.15) is 41.7 Å². The number of benzene rings is 1. The highest BCUT2D eigenvalue weighted by Gasteiger charge is 2.32. The zero-order chi connectivity index (χ0) is 19.1. The van der Waals surface area contributed by atoms with Gasteiger partial charge < -0.3 is 19.5 Å². The molecule has 3 heterocycles. The molecule has 2 amide bonds. The van der Waals surface area contributed by atoms with Gasteiger partial charge in [-0.05, 0) is 50.8 Å². The quantitative estimate of drug-likeness (QED) is 0.885. The molecule has 2 aromatic rings. The molecule has 4 rings (SSSR count). The fourth-order valence-electron chi connectivity index (χ4n) is 4.51. The van der Waals surface area contributed by atoms with Gasteiger partial charge in [-0.15, -0.1) is 0 Å². The highest BCUT2D eigenvalue weighted by atomic mass is 16.3. The third kappa shape index (κ3) is 3.07. The fraction of sp³-hybridized carbons (Fsp3) is 0.524. The first-order valence-corrected chi connectivity index (χ1v) is 9.83. The Bertz CT molecular complexity index is 888. The van der Waals surface area contributed by atoms with Gasteiger partial charge in [0, 0.05) is 55.7 Å². The predicted molar refractivity (Wildman–Crippen MR) is 104 cm³/mol. The second kappa shape index (κ2) is 6.91. The van der Waals surface area contributed by atoms with E-state index in [0.717, 1.165) is 55.4 Å². The molecule has 6 heteroatoms. The molecule has 0 radical (unpaired) electrons. The van der Waals surface area contributed by atoms with Crippen molar-refractivity contribution >= 4 is 22.7 Å². The maximum Gasteiger partial charge on any atom is 0.256 e. The van der Waals surface area contributed by atoms with E-state index in [9.17, 15) is 14.7 Å². The van der Waals surface area contributed by atoms with E-state index in [2.05, 4.69) is 0 Å². The van der Waals surface area contributed by atoms with E-state index in [1.165, 1.54) is 0 Å². The Kier molecular flexibility index (Phi) is 4.58. The number of aromatic nitrogens is 1. The van der Waals surface area contributed by atoms with Crippen molar-refractivity contribution in [3.05, 3.63) is 29.5 Å². The van der Waals surface area contributed by atoms with Gasteiger partial charge in [-0.2, -0.15) is 0 Å². The van der Waals surface area contributed by atoms with Gasteiger partial charge in [-0.3, -0.25) is 9.59 Å². The number of phenolic OH excluding ortho intramolecular Hbond substituents is 1. The van der Waals surface area contributed by atoms with Crippen molar-refractivity contribution in [1.82, 2.24) is 14.4 Å². The lowest BCUT2D eigenvalue weighted by atomic mass is 9.94. The molecule has 1 aromatic heterocycles. The van der Waals surface area contributed by atoms with E-state index in [1.807, 2.05) is 34.4 Å². The summed E-state index contributed by atoms with van der Waals surface area (Å²) < 4.78 is 1.99. The normalized spacial score (nSPS) is 18.4. The summed E-state index contributed by atoms with van der Waals surface area (Å²) in [4.78, 5) is 29.7. The summed E-state index contributed by atoms with van der Waals surface area (Å²) in [6, 6.07) is 5.15. The van der Waals surface area contributed by atoms with Crippen LogP contribution in [0.2, 0.25) is 0 Å². The molecule has 6 nitrogen and oxygen atoms in total. The van der Waals surface area contributed by atoms with Crippen molar-refractivity contribution in [2.45, 2.75) is 32.6 Å². The van der Waals surface area contributed by atoms with Gasteiger partial charge in [0.1, 0.15) is 5.75 Å². The molecule has 0 unspecified atom stereocenters. The molecule has 2 fully saturated rings. The van der Waals surface area contributed by atoms with Gasteiger partial charge in [0.05, 0.1) is 5.56 Å². The maximum atomic E-state index is 13.2. The summed E-state index contributed by atoms with van der Waals surface area (Å²) in [5.74, 6) is 0.475. The lowest BCUT2D eigenvalue weighted by molar-refractivity contribution is -0.135. The van der Waals surface area contributed by atoms with Crippen molar-refractivity contribution in [3.8, 4) is 5.75 Å². The minimum atomic E-state index is -0.00392. The molecule has 1 N–H and O–H groups in total. The van der Waals surface area contributed by atoms with Crippen LogP contribution < -0.4 is 0 Å². The summed E-state index contributed by atoms with van der Waals surface area (Å²) in [5.41, 5.74) is 2.50. The van der Waals surface area contributed by atoms with Crippen molar-refractivity contribution in [1.29, 1.82) is 0 Å². The van der Waals surface area contributed by atoms with Crippen LogP contribution in [0.15, 0.2) is 18.2 Å². The Morgan fingerprint density at radius 3 is 2.37 bits per heavy atom. The monoisotopic (exact) mass is 369 g/mol. The van der Waals surface area contributed by atoms with Gasteiger partial charge in [0.15, 0.2) is 0 Å². The second-order valence-corrected chi connectivity index (χ2v) is 7.82. The third-order valence-corrected chi connectivity index (χ3v) is 6.24. The number of aromatic hydroxyl groups is 1. The van der Waals surface area contributed by atoms with Crippen LogP contribution in [-0.4, -0.2) is 57.5 Å². The number of carbonyl (C=O) groups is 2. The molecule has 27 heavy (non-hydrogen) atoms. The van der Waals surface area contributed by atoms with Crippen molar-refractivity contribution < 1.29 is 14.7 Å². The Hall–Kier alpha value is -2.50. The molecule has 2 saturated heterocycles. The fourth-order valence-corrected chi connectivity index (χ4v) is 4.51. The molecule has 144 valence electrons. The Labute approximate surface area is 159 Å². The lowest BCUT2D eigenvalue weighted by Gasteiger charge is -2.33. The SMILES string of the molecule is Cc1c(C(=O)N2CCC(C(=O)N3CCCC3)CC2)c2cc(O)ccc2n1C. The number of likely N-dealkylation sites (tertiary alicyclic amines) is 2. The highest BCUT2D eigenvalue weighted by Crippen LogP contribution is 2.30. The van der Waals surface area contributed by atoms with E-state index in [1.54, 1.807) is 12.1 Å². The number of carbonyl (C=O) groups excluding carboxylic acids is 2. The average molecular weight is 369 g/mol. The molecule has 0 atom stereocenters. The van der Waals surface area contributed by atoms with Gasteiger partial charge >= 0.3 is 0 Å². The van der Waals surface area contributed by atoms with Crippen LogP contribution in [0.5, 0.6) is 5.75 Å². The molecule has 2 aliphatic heterocycles. The van der Waals surface area contributed by atoms with Crippen LogP contribution in [0.4, 0.5) is 0 Å². The number of nitrogens with zero attached hydrogens (tertiary/aromatic N) is 3. The summed E-state index contributed by atoms with van der Waals surface area (Å²) in [6.45, 7) is 4.93. The number of fused-ring (bicyclic) bond motifs is 1. The smallest absolute Gasteiger partial charge is 0.256 e. The van der Waals surface area contributed by atoms with Crippen molar-refractivity contribution in [2.24, 2.45) is 13.0 Å². The van der Waals surface area contributed by atoms with Crippen LogP contribution in [0.3, 0.4) is 0 Å². The summed E-state index contributed by atoms with van der Waals surface area (Å²) in [7, 11) is 1.94. The van der Waals surface area contributed by atoms with Gasteiger partial charge in [-0.25, -0.2) is 0 Å². The standard InChI is InChI=1S/C21H27N3O3/c1-14-19(17-13-16(25)5-6-18(17)22(14)2)21(27)24-11-7-15(8-12-24)20(26)23-9-3-4-10-23/h5-6,13,15,25H,3-4,7-12H2,1-2H3. The number of rotatable bonds is 2. The van der Waals surface area contributed by atoms with E-state index in [0.29, 0.717) is 18.7 Å². The van der Waals surface area contributed by atoms with Gasteiger partial charge in [0.25, 0.3) is 5.91 Å². The summed E-state index contributed by atoms with van der Waals surface area (Å²) in [5, 5.41) is 10.7. The third-order valence-electron chi connectivity index (χ3n) is 6.24. The zero-order valence-corrected chi connectivity index (χ0v) is 16.1. The highest BCUT2D eigenvalue weighted by molar-refractivity contribution is 6.08. The largest absolute Gasteiger partial charge is 0.508 e. The molecular weight excluding hydrogens is 342 g/mol. The first-order valence-electron chi connectivity index (χ1n) is 9.83. The molecule has 0 bridgehead atoms. The number of piperidine rings is 1. The van der Waals surface area contributed by atoms with Crippen LogP contribution in [0.25, 0.3) is 10.9 Å². The molecular formula is C21H27N3O3. The molecule has 0 spiro atoms. The van der Waals surface area contributed by atoms with E-state index in [4.69, 9.17) is 0 Å². The second-order valence-electron chi connectivity index (χ2n) is 7.82. The predicted octanol–water partition coefficient (Wildman–Crippen LogP) is 2.67. The summed E-state index contributed by atoms with van der Waals surface area (Å²) >= 11 is 0. The topological polar surface area (TPSA) is 65.8 Å². The average Bonchev–Trinajstić information content (AvgIpc) is 3.29. The zero-order valence-electron chi connectivity index (χ0n) is 16.1. The maximum absolute atomic E-state index is 13.2. The Balaban J connectivity index is 1.52. The van der Waals surface area contributed by atoms with Gasteiger partial charge in [0.2, 0.25) is 5.91 Å². The first-order chi connectivity index (χ1) is 13.0. The lowest BCUT2D eigenvalue weighted by Crippen LogP contribution is -2.43. The van der Waals surface area contributed by atoms with Crippen molar-refractivity contribution in [2.75, 3.05) is 26.2 Å². The number of phenols is 1. The molecule has 2 aliphatic rings. The van der Waals surface area contributed by atoms with Gasteiger partial charge in [-0.1, -0.05) is 0 Å². The van der Waals surface area contributed by atoms with Crippen LogP contribution >= 0.6 is 0 Å². The van der Waals surface area contributed by atoms with Crippen molar-refractivity contribution in [3.63, 3.8) is 0 Å². The number of hydrogen-bond donors (Lipinski definition) is 1. The number of aryl methyl sites for hydroxylation is 1. The van der Waals surface area contributed by atoms with Crippen LogP contribution in [-0.2, 0) is 11.8 Å². The Morgan fingerprint density at radius 1 is 1.04 bits per heavy atom.